The van der Waals surface area contributed by atoms with E-state index in [2.05, 4.69) is 27.9 Å². The number of rotatable bonds is 8. The molecule has 176 valence electrons. The Morgan fingerprint density at radius 3 is 2.32 bits per heavy atom. The first-order chi connectivity index (χ1) is 16.4. The number of benzene rings is 2. The number of carboxylic acid groups (broad SMARTS) is 1. The number of nitrogens with one attached hydrogen (secondary N) is 2. The number of carboxylic acids is 1. The van der Waals surface area contributed by atoms with Gasteiger partial charge >= 0.3 is 12.1 Å². The van der Waals surface area contributed by atoms with E-state index in [1.807, 2.05) is 36.4 Å². The molecular formula is C25H26N4O5. The van der Waals surface area contributed by atoms with E-state index < -0.39 is 23.9 Å². The van der Waals surface area contributed by atoms with Crippen LogP contribution in [-0.2, 0) is 16.6 Å². The minimum absolute atomic E-state index is 0.0799. The number of carbonyl (C=O) groups excluding carboxylic acids is 2. The SMILES string of the molecule is CC(CCNC(=O)c1cnn(C)c1NC(=O)OCC1c2ccccc2-c2ccccc21)C(=O)O. The number of hydrogen-bond acceptors (Lipinski definition) is 5. The molecule has 0 spiro atoms. The zero-order valence-corrected chi connectivity index (χ0v) is 18.9. The van der Waals surface area contributed by atoms with Crippen molar-refractivity contribution >= 4 is 23.8 Å². The third-order valence-electron chi connectivity index (χ3n) is 6.03. The van der Waals surface area contributed by atoms with Crippen LogP contribution in [0.4, 0.5) is 10.6 Å². The van der Waals surface area contributed by atoms with Crippen molar-refractivity contribution in [2.75, 3.05) is 18.5 Å². The van der Waals surface area contributed by atoms with Gasteiger partial charge in [-0.25, -0.2) is 4.79 Å². The molecule has 3 N–H and O–H groups in total. The monoisotopic (exact) mass is 462 g/mol. The lowest BCUT2D eigenvalue weighted by atomic mass is 9.98. The Labute approximate surface area is 196 Å². The zero-order chi connectivity index (χ0) is 24.2. The van der Waals surface area contributed by atoms with Gasteiger partial charge in [-0.2, -0.15) is 5.10 Å². The largest absolute Gasteiger partial charge is 0.481 e. The standard InChI is InChI=1S/C25H26N4O5/c1-15(24(31)32)11-12-26-23(30)20-13-27-29(2)22(20)28-25(33)34-14-21-18-9-5-3-7-16(18)17-8-4-6-10-19(17)21/h3-10,13,15,21H,11-12,14H2,1-2H3,(H,26,30)(H,28,33)(H,31,32). The predicted octanol–water partition coefficient (Wildman–Crippen LogP) is 3.62. The number of nitrogens with zero attached hydrogens (tertiary/aromatic N) is 2. The molecule has 3 aromatic rings. The van der Waals surface area contributed by atoms with Gasteiger partial charge in [-0.05, 0) is 28.7 Å². The Balaban J connectivity index is 1.39. The molecule has 0 bridgehead atoms. The highest BCUT2D eigenvalue weighted by Gasteiger charge is 2.29. The van der Waals surface area contributed by atoms with E-state index >= 15 is 0 Å². The fourth-order valence-electron chi connectivity index (χ4n) is 4.10. The van der Waals surface area contributed by atoms with E-state index in [0.717, 1.165) is 22.3 Å². The van der Waals surface area contributed by atoms with Crippen molar-refractivity contribution in [2.45, 2.75) is 19.3 Å². The number of anilines is 1. The molecule has 1 heterocycles. The van der Waals surface area contributed by atoms with E-state index in [4.69, 9.17) is 9.84 Å². The first-order valence-electron chi connectivity index (χ1n) is 11.0. The summed E-state index contributed by atoms with van der Waals surface area (Å²) in [6.45, 7) is 1.90. The molecule has 9 heteroatoms. The van der Waals surface area contributed by atoms with Crippen molar-refractivity contribution in [3.8, 4) is 11.1 Å². The first kappa shape index (κ1) is 23.0. The minimum Gasteiger partial charge on any atom is -0.481 e. The van der Waals surface area contributed by atoms with E-state index in [9.17, 15) is 14.4 Å². The second kappa shape index (κ2) is 9.78. The number of aryl methyl sites for hydroxylation is 1. The van der Waals surface area contributed by atoms with Gasteiger partial charge in [-0.15, -0.1) is 0 Å². The molecule has 1 aliphatic rings. The molecule has 0 radical (unpaired) electrons. The fraction of sp³-hybridized carbons (Fsp3) is 0.280. The Morgan fingerprint density at radius 2 is 1.71 bits per heavy atom. The fourth-order valence-corrected chi connectivity index (χ4v) is 4.10. The maximum absolute atomic E-state index is 12.6. The van der Waals surface area contributed by atoms with Gasteiger partial charge in [0.15, 0.2) is 0 Å². The van der Waals surface area contributed by atoms with Crippen molar-refractivity contribution in [3.63, 3.8) is 0 Å². The summed E-state index contributed by atoms with van der Waals surface area (Å²) in [5, 5.41) is 18.3. The van der Waals surface area contributed by atoms with Crippen molar-refractivity contribution in [1.29, 1.82) is 0 Å². The van der Waals surface area contributed by atoms with Crippen LogP contribution in [0.2, 0.25) is 0 Å². The zero-order valence-electron chi connectivity index (χ0n) is 18.9. The third-order valence-corrected chi connectivity index (χ3v) is 6.03. The highest BCUT2D eigenvalue weighted by atomic mass is 16.5. The van der Waals surface area contributed by atoms with E-state index in [1.54, 1.807) is 14.0 Å². The van der Waals surface area contributed by atoms with Crippen molar-refractivity contribution in [3.05, 3.63) is 71.4 Å². The summed E-state index contributed by atoms with van der Waals surface area (Å²) >= 11 is 0. The molecule has 1 atom stereocenters. The number of aliphatic carboxylic acids is 1. The molecule has 0 saturated heterocycles. The predicted molar refractivity (Wildman–Crippen MR) is 126 cm³/mol. The normalized spacial score (nSPS) is 13.0. The summed E-state index contributed by atoms with van der Waals surface area (Å²) in [7, 11) is 1.60. The lowest BCUT2D eigenvalue weighted by molar-refractivity contribution is -0.141. The Morgan fingerprint density at radius 1 is 1.09 bits per heavy atom. The molecule has 0 saturated carbocycles. The second-order valence-electron chi connectivity index (χ2n) is 8.26. The highest BCUT2D eigenvalue weighted by Crippen LogP contribution is 2.44. The number of amides is 2. The van der Waals surface area contributed by atoms with Gasteiger partial charge in [0.1, 0.15) is 18.0 Å². The van der Waals surface area contributed by atoms with Crippen molar-refractivity contribution < 1.29 is 24.2 Å². The summed E-state index contributed by atoms with van der Waals surface area (Å²) < 4.78 is 6.92. The molecule has 2 amide bonds. The average Bonchev–Trinajstić information content (AvgIpc) is 3.35. The minimum atomic E-state index is -0.923. The molecular weight excluding hydrogens is 436 g/mol. The molecule has 1 unspecified atom stereocenters. The van der Waals surface area contributed by atoms with Gasteiger partial charge in [0.25, 0.3) is 5.91 Å². The van der Waals surface area contributed by atoms with Crippen LogP contribution in [0.3, 0.4) is 0 Å². The quantitative estimate of drug-likeness (QED) is 0.470. The Hall–Kier alpha value is -4.14. The number of ether oxygens (including phenoxy) is 1. The van der Waals surface area contributed by atoms with E-state index in [0.29, 0.717) is 0 Å². The molecule has 0 fully saturated rings. The Kier molecular flexibility index (Phi) is 6.62. The number of hydrogen-bond donors (Lipinski definition) is 3. The van der Waals surface area contributed by atoms with Crippen molar-refractivity contribution in [2.24, 2.45) is 13.0 Å². The summed E-state index contributed by atoms with van der Waals surface area (Å²) in [4.78, 5) is 36.1. The number of fused-ring (bicyclic) bond motifs is 3. The van der Waals surface area contributed by atoms with Gasteiger partial charge in [0, 0.05) is 19.5 Å². The van der Waals surface area contributed by atoms with Gasteiger partial charge in [-0.1, -0.05) is 55.5 Å². The van der Waals surface area contributed by atoms with E-state index in [-0.39, 0.29) is 36.9 Å². The molecule has 9 nitrogen and oxygen atoms in total. The van der Waals surface area contributed by atoms with Crippen LogP contribution in [0.5, 0.6) is 0 Å². The van der Waals surface area contributed by atoms with Gasteiger partial charge < -0.3 is 15.2 Å². The van der Waals surface area contributed by atoms with E-state index in [1.165, 1.54) is 10.9 Å². The summed E-state index contributed by atoms with van der Waals surface area (Å²) in [5.74, 6) is -1.84. The van der Waals surface area contributed by atoms with Crippen LogP contribution >= 0.6 is 0 Å². The van der Waals surface area contributed by atoms with Gasteiger partial charge in [0.2, 0.25) is 0 Å². The van der Waals surface area contributed by atoms with Gasteiger partial charge in [0.05, 0.1) is 12.1 Å². The van der Waals surface area contributed by atoms with Crippen LogP contribution in [-0.4, -0.2) is 46.0 Å². The maximum Gasteiger partial charge on any atom is 0.412 e. The molecule has 2 aromatic carbocycles. The second-order valence-corrected chi connectivity index (χ2v) is 8.26. The van der Waals surface area contributed by atoms with Gasteiger partial charge in [-0.3, -0.25) is 19.6 Å². The van der Waals surface area contributed by atoms with Crippen LogP contribution in [0.15, 0.2) is 54.7 Å². The highest BCUT2D eigenvalue weighted by molar-refractivity contribution is 6.01. The molecule has 0 aliphatic heterocycles. The summed E-state index contributed by atoms with van der Waals surface area (Å²) in [6.07, 6.45) is 0.935. The van der Waals surface area contributed by atoms with Crippen LogP contribution in [0, 0.1) is 5.92 Å². The maximum atomic E-state index is 12.6. The lowest BCUT2D eigenvalue weighted by Gasteiger charge is -2.15. The number of carbonyl (C=O) groups is 3. The number of aromatic nitrogens is 2. The summed E-state index contributed by atoms with van der Waals surface area (Å²) in [6, 6.07) is 16.1. The average molecular weight is 463 g/mol. The molecule has 34 heavy (non-hydrogen) atoms. The summed E-state index contributed by atoms with van der Waals surface area (Å²) in [5.41, 5.74) is 4.64. The topological polar surface area (TPSA) is 123 Å². The van der Waals surface area contributed by atoms with Crippen molar-refractivity contribution in [1.82, 2.24) is 15.1 Å². The first-order valence-corrected chi connectivity index (χ1v) is 11.0. The van der Waals surface area contributed by atoms with Crippen LogP contribution < -0.4 is 10.6 Å². The molecule has 4 rings (SSSR count). The Bertz CT molecular complexity index is 1190. The van der Waals surface area contributed by atoms with Crippen LogP contribution in [0.1, 0.15) is 40.7 Å². The van der Waals surface area contributed by atoms with Crippen LogP contribution in [0.25, 0.3) is 11.1 Å². The molecule has 1 aromatic heterocycles. The molecule has 1 aliphatic carbocycles. The lowest BCUT2D eigenvalue weighted by Crippen LogP contribution is -2.28. The third kappa shape index (κ3) is 4.63. The smallest absolute Gasteiger partial charge is 0.412 e.